The van der Waals surface area contributed by atoms with Crippen LogP contribution in [0.1, 0.15) is 11.8 Å². The summed E-state index contributed by atoms with van der Waals surface area (Å²) < 4.78 is 5.26. The van der Waals surface area contributed by atoms with Gasteiger partial charge in [-0.05, 0) is 18.4 Å². The molecular formula is C13H20N2O2S. The molecule has 0 aliphatic carbocycles. The van der Waals surface area contributed by atoms with Crippen molar-refractivity contribution in [2.75, 3.05) is 20.3 Å². The lowest BCUT2D eigenvalue weighted by atomic mass is 10.0. The van der Waals surface area contributed by atoms with Crippen LogP contribution in [0, 0.1) is 5.92 Å². The van der Waals surface area contributed by atoms with Gasteiger partial charge in [-0.1, -0.05) is 6.07 Å². The Morgan fingerprint density at radius 3 is 3.00 bits per heavy atom. The second-order valence-electron chi connectivity index (χ2n) is 4.89. The average molecular weight is 268 g/mol. The Morgan fingerprint density at radius 1 is 1.67 bits per heavy atom. The van der Waals surface area contributed by atoms with Gasteiger partial charge < -0.3 is 15.4 Å². The quantitative estimate of drug-likeness (QED) is 0.890. The number of carbonyl (C=O) groups is 1. The lowest BCUT2D eigenvalue weighted by Gasteiger charge is -2.28. The summed E-state index contributed by atoms with van der Waals surface area (Å²) in [6.45, 7) is 3.01. The second kappa shape index (κ2) is 5.82. The lowest BCUT2D eigenvalue weighted by Crippen LogP contribution is -2.45. The van der Waals surface area contributed by atoms with Crippen molar-refractivity contribution < 1.29 is 9.53 Å². The number of hydrogen-bond donors (Lipinski definition) is 1. The Kier molecular flexibility index (Phi) is 4.37. The molecule has 0 spiro atoms. The normalized spacial score (nSPS) is 25.1. The number of thiophene rings is 1. The van der Waals surface area contributed by atoms with E-state index in [0.717, 1.165) is 6.42 Å². The fourth-order valence-corrected chi connectivity index (χ4v) is 2.99. The number of ether oxygens (including phenoxy) is 1. The summed E-state index contributed by atoms with van der Waals surface area (Å²) in [5.41, 5.74) is 5.88. The third kappa shape index (κ3) is 2.91. The molecule has 1 aliphatic heterocycles. The molecule has 0 aromatic carbocycles. The summed E-state index contributed by atoms with van der Waals surface area (Å²) in [5, 5.41) is 2.06. The maximum absolute atomic E-state index is 12.3. The molecule has 1 aromatic heterocycles. The lowest BCUT2D eigenvalue weighted by molar-refractivity contribution is -0.136. The van der Waals surface area contributed by atoms with E-state index in [9.17, 15) is 4.79 Å². The Labute approximate surface area is 112 Å². The van der Waals surface area contributed by atoms with Crippen LogP contribution in [0.4, 0.5) is 0 Å². The SMILES string of the molecule is CC(Cc1cccs1)N(C)C(=O)C1COCC1N. The molecule has 1 fully saturated rings. The maximum atomic E-state index is 12.3. The van der Waals surface area contributed by atoms with E-state index in [4.69, 9.17) is 10.5 Å². The summed E-state index contributed by atoms with van der Waals surface area (Å²) in [6.07, 6.45) is 0.892. The Morgan fingerprint density at radius 2 is 2.44 bits per heavy atom. The van der Waals surface area contributed by atoms with Crippen LogP contribution in [-0.2, 0) is 16.0 Å². The van der Waals surface area contributed by atoms with Gasteiger partial charge in [0.05, 0.1) is 19.1 Å². The number of nitrogens with zero attached hydrogens (tertiary/aromatic N) is 1. The van der Waals surface area contributed by atoms with Crippen molar-refractivity contribution in [1.29, 1.82) is 0 Å². The number of rotatable bonds is 4. The molecule has 0 saturated carbocycles. The summed E-state index contributed by atoms with van der Waals surface area (Å²) >= 11 is 1.73. The van der Waals surface area contributed by atoms with Crippen molar-refractivity contribution in [3.8, 4) is 0 Å². The van der Waals surface area contributed by atoms with Gasteiger partial charge in [0.2, 0.25) is 5.91 Å². The molecule has 0 radical (unpaired) electrons. The molecule has 18 heavy (non-hydrogen) atoms. The van der Waals surface area contributed by atoms with E-state index in [1.165, 1.54) is 4.88 Å². The minimum Gasteiger partial charge on any atom is -0.379 e. The molecule has 0 bridgehead atoms. The number of carbonyl (C=O) groups excluding carboxylic acids is 1. The highest BCUT2D eigenvalue weighted by molar-refractivity contribution is 7.09. The van der Waals surface area contributed by atoms with E-state index in [2.05, 4.69) is 18.4 Å². The number of likely N-dealkylation sites (N-methyl/N-ethyl adjacent to an activating group) is 1. The molecule has 3 unspecified atom stereocenters. The molecule has 2 rings (SSSR count). The summed E-state index contributed by atoms with van der Waals surface area (Å²) in [5.74, 6) is -0.0789. The van der Waals surface area contributed by atoms with E-state index >= 15 is 0 Å². The highest BCUT2D eigenvalue weighted by atomic mass is 32.1. The smallest absolute Gasteiger partial charge is 0.229 e. The zero-order valence-electron chi connectivity index (χ0n) is 10.8. The van der Waals surface area contributed by atoms with Crippen molar-refractivity contribution in [3.05, 3.63) is 22.4 Å². The topological polar surface area (TPSA) is 55.6 Å². The molecule has 1 aromatic rings. The third-order valence-corrected chi connectivity index (χ3v) is 4.43. The van der Waals surface area contributed by atoms with Gasteiger partial charge in [-0.2, -0.15) is 0 Å². The van der Waals surface area contributed by atoms with Crippen molar-refractivity contribution >= 4 is 17.2 Å². The monoisotopic (exact) mass is 268 g/mol. The van der Waals surface area contributed by atoms with Gasteiger partial charge in [0.1, 0.15) is 0 Å². The zero-order chi connectivity index (χ0) is 13.1. The van der Waals surface area contributed by atoms with Crippen LogP contribution < -0.4 is 5.73 Å². The summed E-state index contributed by atoms with van der Waals surface area (Å²) in [6, 6.07) is 4.16. The van der Waals surface area contributed by atoms with Crippen LogP contribution in [0.5, 0.6) is 0 Å². The molecule has 2 N–H and O–H groups in total. The van der Waals surface area contributed by atoms with Crippen LogP contribution in [0.25, 0.3) is 0 Å². The minimum atomic E-state index is -0.180. The van der Waals surface area contributed by atoms with Crippen molar-refractivity contribution in [3.63, 3.8) is 0 Å². The molecule has 4 nitrogen and oxygen atoms in total. The second-order valence-corrected chi connectivity index (χ2v) is 5.92. The van der Waals surface area contributed by atoms with Gasteiger partial charge in [0.15, 0.2) is 0 Å². The van der Waals surface area contributed by atoms with Crippen molar-refractivity contribution in [1.82, 2.24) is 4.90 Å². The molecule has 1 amide bonds. The van der Waals surface area contributed by atoms with Crippen LogP contribution in [0.2, 0.25) is 0 Å². The van der Waals surface area contributed by atoms with Gasteiger partial charge in [-0.25, -0.2) is 0 Å². The first-order valence-corrected chi connectivity index (χ1v) is 7.10. The van der Waals surface area contributed by atoms with Crippen LogP contribution in [0.15, 0.2) is 17.5 Å². The van der Waals surface area contributed by atoms with Gasteiger partial charge in [0, 0.05) is 30.4 Å². The predicted octanol–water partition coefficient (Wildman–Crippen LogP) is 1.11. The summed E-state index contributed by atoms with van der Waals surface area (Å²) in [7, 11) is 1.85. The first kappa shape index (κ1) is 13.5. The van der Waals surface area contributed by atoms with Crippen molar-refractivity contribution in [2.24, 2.45) is 11.7 Å². The van der Waals surface area contributed by atoms with E-state index < -0.39 is 0 Å². The van der Waals surface area contributed by atoms with Crippen molar-refractivity contribution in [2.45, 2.75) is 25.4 Å². The van der Waals surface area contributed by atoms with Gasteiger partial charge >= 0.3 is 0 Å². The minimum absolute atomic E-state index is 0.101. The fourth-order valence-electron chi connectivity index (χ4n) is 2.16. The highest BCUT2D eigenvalue weighted by Crippen LogP contribution is 2.18. The molecule has 3 atom stereocenters. The fraction of sp³-hybridized carbons (Fsp3) is 0.615. The number of hydrogen-bond acceptors (Lipinski definition) is 4. The van der Waals surface area contributed by atoms with E-state index in [1.807, 2.05) is 13.1 Å². The summed E-state index contributed by atoms with van der Waals surface area (Å²) in [4.78, 5) is 15.4. The van der Waals surface area contributed by atoms with Gasteiger partial charge in [0.25, 0.3) is 0 Å². The predicted molar refractivity (Wildman–Crippen MR) is 72.5 cm³/mol. The first-order valence-electron chi connectivity index (χ1n) is 6.22. The first-order chi connectivity index (χ1) is 8.59. The molecular weight excluding hydrogens is 248 g/mol. The third-order valence-electron chi connectivity index (χ3n) is 3.53. The zero-order valence-corrected chi connectivity index (χ0v) is 11.7. The molecule has 5 heteroatoms. The number of nitrogens with two attached hydrogens (primary N) is 1. The largest absolute Gasteiger partial charge is 0.379 e. The average Bonchev–Trinajstić information content (AvgIpc) is 2.98. The molecule has 1 saturated heterocycles. The molecule has 100 valence electrons. The van der Waals surface area contributed by atoms with Gasteiger partial charge in [-0.3, -0.25) is 4.79 Å². The Hall–Kier alpha value is -0.910. The van der Waals surface area contributed by atoms with Gasteiger partial charge in [-0.15, -0.1) is 11.3 Å². The van der Waals surface area contributed by atoms with Crippen LogP contribution in [-0.4, -0.2) is 43.2 Å². The van der Waals surface area contributed by atoms with E-state index in [0.29, 0.717) is 13.2 Å². The molecule has 2 heterocycles. The standard InChI is InChI=1S/C13H20N2O2S/c1-9(6-10-4-3-5-18-10)15(2)13(16)11-7-17-8-12(11)14/h3-5,9,11-12H,6-8,14H2,1-2H3. The van der Waals surface area contributed by atoms with Crippen LogP contribution in [0.3, 0.4) is 0 Å². The Bertz CT molecular complexity index is 394. The number of amides is 1. The highest BCUT2D eigenvalue weighted by Gasteiger charge is 2.34. The van der Waals surface area contributed by atoms with Crippen LogP contribution >= 0.6 is 11.3 Å². The molecule has 1 aliphatic rings. The van der Waals surface area contributed by atoms with E-state index in [-0.39, 0.29) is 23.9 Å². The maximum Gasteiger partial charge on any atom is 0.229 e. The van der Waals surface area contributed by atoms with E-state index in [1.54, 1.807) is 16.2 Å². The Balaban J connectivity index is 1.93.